The van der Waals surface area contributed by atoms with Crippen LogP contribution in [-0.2, 0) is 18.0 Å². The van der Waals surface area contributed by atoms with Gasteiger partial charge in [0.25, 0.3) is 5.91 Å². The predicted molar refractivity (Wildman–Crippen MR) is 147 cm³/mol. The maximum absolute atomic E-state index is 13.1. The van der Waals surface area contributed by atoms with E-state index in [9.17, 15) is 22.8 Å². The molecule has 4 aromatic rings. The minimum Gasteiger partial charge on any atom is -0.496 e. The van der Waals surface area contributed by atoms with Gasteiger partial charge in [0.2, 0.25) is 5.91 Å². The number of hydrogen-bond acceptors (Lipinski definition) is 7. The molecule has 2 aliphatic heterocycles. The van der Waals surface area contributed by atoms with Gasteiger partial charge in [-0.25, -0.2) is 9.97 Å². The fourth-order valence-electron chi connectivity index (χ4n) is 5.88. The van der Waals surface area contributed by atoms with Crippen LogP contribution in [0.5, 0.6) is 5.75 Å². The maximum atomic E-state index is 13.1. The van der Waals surface area contributed by atoms with Crippen LogP contribution in [0.15, 0.2) is 30.5 Å². The molecule has 220 valence electrons. The highest BCUT2D eigenvalue weighted by Gasteiger charge is 2.39. The van der Waals surface area contributed by atoms with Crippen molar-refractivity contribution in [2.24, 2.45) is 7.05 Å². The fraction of sp³-hybridized carbons (Fsp3) is 0.370. The van der Waals surface area contributed by atoms with E-state index < -0.39 is 17.8 Å². The lowest BCUT2D eigenvalue weighted by molar-refractivity contribution is -0.143. The smallest absolute Gasteiger partial charge is 0.433 e. The van der Waals surface area contributed by atoms with Gasteiger partial charge in [0, 0.05) is 49.2 Å². The summed E-state index contributed by atoms with van der Waals surface area (Å²) in [5, 5.41) is 6.43. The van der Waals surface area contributed by atoms with Gasteiger partial charge < -0.3 is 20.7 Å². The average molecular weight is 603 g/mol. The Morgan fingerprint density at radius 3 is 2.71 bits per heavy atom. The maximum Gasteiger partial charge on any atom is 0.433 e. The summed E-state index contributed by atoms with van der Waals surface area (Å²) in [5.41, 5.74) is 6.82. The molecule has 0 saturated carbocycles. The third kappa shape index (κ3) is 4.68. The normalized spacial score (nSPS) is 18.9. The standard InChI is InChI=1S/C27H26ClF3N8O3/c1-37-18(27(29,30)31)10-20(36-37)34-26(41)13-4-7-16(17(9-13)42-2)22-23-24(32)33-11-19(28)39(23)25(35-22)14-3-5-15-6-8-21(40)38(15)12-14/h4,7,9-11,14-15H,3,5-6,8,12H2,1-2H3,(H2,32,33)(H,34,36,41)/t14?,15-/m0/s1. The summed E-state index contributed by atoms with van der Waals surface area (Å²) in [7, 11) is 2.56. The summed E-state index contributed by atoms with van der Waals surface area (Å²) >= 11 is 6.61. The number of nitrogens with two attached hydrogens (primary N) is 1. The lowest BCUT2D eigenvalue weighted by Gasteiger charge is -2.34. The first kappa shape index (κ1) is 27.8. The number of ether oxygens (including phenoxy) is 1. The van der Waals surface area contributed by atoms with E-state index in [0.29, 0.717) is 45.4 Å². The molecule has 15 heteroatoms. The third-order valence-electron chi connectivity index (χ3n) is 7.88. The quantitative estimate of drug-likeness (QED) is 0.343. The van der Waals surface area contributed by atoms with Crippen LogP contribution in [0.25, 0.3) is 16.8 Å². The Bertz CT molecular complexity index is 1730. The number of aromatic nitrogens is 5. The van der Waals surface area contributed by atoms with Crippen molar-refractivity contribution in [1.29, 1.82) is 0 Å². The predicted octanol–water partition coefficient (Wildman–Crippen LogP) is 4.51. The van der Waals surface area contributed by atoms with Gasteiger partial charge >= 0.3 is 6.18 Å². The number of nitrogens with one attached hydrogen (secondary N) is 1. The number of aryl methyl sites for hydroxylation is 1. The van der Waals surface area contributed by atoms with Crippen molar-refractivity contribution < 1.29 is 27.5 Å². The van der Waals surface area contributed by atoms with E-state index in [4.69, 9.17) is 27.1 Å². The molecule has 2 fully saturated rings. The van der Waals surface area contributed by atoms with Gasteiger partial charge in [0.15, 0.2) is 5.82 Å². The number of fused-ring (bicyclic) bond motifs is 2. The number of hydrogen-bond donors (Lipinski definition) is 2. The second-order valence-corrected chi connectivity index (χ2v) is 10.8. The Balaban J connectivity index is 1.37. The van der Waals surface area contributed by atoms with E-state index in [0.717, 1.165) is 32.4 Å². The van der Waals surface area contributed by atoms with Crippen molar-refractivity contribution in [2.45, 2.75) is 43.8 Å². The lowest BCUT2D eigenvalue weighted by atomic mass is 9.92. The first-order valence-electron chi connectivity index (χ1n) is 13.2. The van der Waals surface area contributed by atoms with Crippen molar-refractivity contribution >= 4 is 40.6 Å². The van der Waals surface area contributed by atoms with Gasteiger partial charge in [-0.05, 0) is 37.5 Å². The van der Waals surface area contributed by atoms with E-state index >= 15 is 0 Å². The number of carbonyl (C=O) groups is 2. The Labute approximate surface area is 242 Å². The summed E-state index contributed by atoms with van der Waals surface area (Å²) in [5.74, 6) is 0.189. The molecular weight excluding hydrogens is 577 g/mol. The zero-order chi connectivity index (χ0) is 29.9. The molecule has 0 spiro atoms. The monoisotopic (exact) mass is 602 g/mol. The highest BCUT2D eigenvalue weighted by Crippen LogP contribution is 2.41. The molecule has 5 heterocycles. The van der Waals surface area contributed by atoms with Crippen molar-refractivity contribution in [2.75, 3.05) is 24.7 Å². The molecule has 3 N–H and O–H groups in total. The van der Waals surface area contributed by atoms with Gasteiger partial charge in [0.05, 0.1) is 13.3 Å². The van der Waals surface area contributed by atoms with Crippen LogP contribution in [-0.4, -0.2) is 60.6 Å². The number of halogens is 4. The van der Waals surface area contributed by atoms with Crippen molar-refractivity contribution in [3.05, 3.63) is 52.7 Å². The molecule has 1 aromatic carbocycles. The van der Waals surface area contributed by atoms with Crippen LogP contribution in [0.4, 0.5) is 24.8 Å². The molecule has 2 atom stereocenters. The zero-order valence-corrected chi connectivity index (χ0v) is 23.3. The Morgan fingerprint density at radius 2 is 2.00 bits per heavy atom. The number of methoxy groups -OCH3 is 1. The van der Waals surface area contributed by atoms with Crippen molar-refractivity contribution in [1.82, 2.24) is 29.0 Å². The molecule has 2 saturated heterocycles. The highest BCUT2D eigenvalue weighted by molar-refractivity contribution is 6.30. The van der Waals surface area contributed by atoms with Crippen molar-refractivity contribution in [3.63, 3.8) is 0 Å². The summed E-state index contributed by atoms with van der Waals surface area (Å²) in [4.78, 5) is 36.5. The van der Waals surface area contributed by atoms with Crippen LogP contribution < -0.4 is 15.8 Å². The van der Waals surface area contributed by atoms with E-state index in [1.54, 1.807) is 10.5 Å². The van der Waals surface area contributed by atoms with Crippen LogP contribution in [0.1, 0.15) is 53.5 Å². The van der Waals surface area contributed by atoms with Crippen molar-refractivity contribution in [3.8, 4) is 17.0 Å². The molecule has 2 amide bonds. The number of anilines is 2. The van der Waals surface area contributed by atoms with Gasteiger partial charge in [-0.2, -0.15) is 18.3 Å². The number of piperidine rings is 1. The van der Waals surface area contributed by atoms with Gasteiger partial charge in [-0.3, -0.25) is 18.7 Å². The van der Waals surface area contributed by atoms with Gasteiger partial charge in [0.1, 0.15) is 39.4 Å². The summed E-state index contributed by atoms with van der Waals surface area (Å²) in [6.45, 7) is 0.514. The Morgan fingerprint density at radius 1 is 1.21 bits per heavy atom. The molecule has 42 heavy (non-hydrogen) atoms. The molecule has 6 rings (SSSR count). The Hall–Kier alpha value is -4.33. The minimum atomic E-state index is -4.62. The number of carbonyl (C=O) groups excluding carboxylic acids is 2. The number of nitrogens with zero attached hydrogens (tertiary/aromatic N) is 6. The topological polar surface area (TPSA) is 133 Å². The molecule has 1 unspecified atom stereocenters. The second-order valence-electron chi connectivity index (χ2n) is 10.4. The van der Waals surface area contributed by atoms with Gasteiger partial charge in [-0.1, -0.05) is 11.6 Å². The number of benzene rings is 1. The molecule has 0 bridgehead atoms. The number of alkyl halides is 3. The summed E-state index contributed by atoms with van der Waals surface area (Å²) in [6, 6.07) is 5.55. The second kappa shape index (κ2) is 10.2. The highest BCUT2D eigenvalue weighted by atomic mass is 35.5. The molecule has 3 aromatic heterocycles. The first-order chi connectivity index (χ1) is 20.0. The fourth-order valence-corrected chi connectivity index (χ4v) is 6.10. The minimum absolute atomic E-state index is 0.0974. The molecule has 11 nitrogen and oxygen atoms in total. The van der Waals surface area contributed by atoms with Gasteiger partial charge in [-0.15, -0.1) is 0 Å². The number of imidazole rings is 1. The van der Waals surface area contributed by atoms with Crippen LogP contribution >= 0.6 is 11.6 Å². The largest absolute Gasteiger partial charge is 0.496 e. The number of amides is 2. The lowest BCUT2D eigenvalue weighted by Crippen LogP contribution is -2.41. The average Bonchev–Trinajstić information content (AvgIpc) is 3.65. The van der Waals surface area contributed by atoms with E-state index in [1.807, 2.05) is 4.90 Å². The molecule has 0 aliphatic carbocycles. The Kier molecular flexibility index (Phi) is 6.75. The SMILES string of the molecule is COc1cc(C(=O)Nc2cc(C(F)(F)F)n(C)n2)ccc1-c1nc(C2CC[C@H]3CCC(=O)N3C2)n2c(Cl)cnc(N)c12. The first-order valence-corrected chi connectivity index (χ1v) is 13.6. The summed E-state index contributed by atoms with van der Waals surface area (Å²) in [6.07, 6.45) is -0.109. The third-order valence-corrected chi connectivity index (χ3v) is 8.15. The van der Waals surface area contributed by atoms with E-state index in [1.165, 1.54) is 25.4 Å². The number of rotatable bonds is 5. The molecule has 0 radical (unpaired) electrons. The van der Waals surface area contributed by atoms with Crippen LogP contribution in [0.2, 0.25) is 5.15 Å². The zero-order valence-electron chi connectivity index (χ0n) is 22.6. The number of nitrogen functional groups attached to an aromatic ring is 1. The van der Waals surface area contributed by atoms with Crippen LogP contribution in [0, 0.1) is 0 Å². The molecular formula is C27H26ClF3N8O3. The van der Waals surface area contributed by atoms with E-state index in [2.05, 4.69) is 15.4 Å². The molecule has 2 aliphatic rings. The van der Waals surface area contributed by atoms with Crippen LogP contribution in [0.3, 0.4) is 0 Å². The summed E-state index contributed by atoms with van der Waals surface area (Å²) < 4.78 is 47.4. The van der Waals surface area contributed by atoms with E-state index in [-0.39, 0.29) is 40.8 Å².